The lowest BCUT2D eigenvalue weighted by molar-refractivity contribution is -0.0116. The molecule has 0 saturated carbocycles. The molecule has 0 saturated heterocycles. The van der Waals surface area contributed by atoms with Crippen LogP contribution in [0.25, 0.3) is 0 Å². The van der Waals surface area contributed by atoms with Crippen molar-refractivity contribution in [2.45, 2.75) is 38.8 Å². The predicted molar refractivity (Wildman–Crippen MR) is 61.7 cm³/mol. The van der Waals surface area contributed by atoms with Crippen LogP contribution < -0.4 is 5.32 Å². The van der Waals surface area contributed by atoms with E-state index in [0.29, 0.717) is 6.10 Å². The Morgan fingerprint density at radius 1 is 1.36 bits per heavy atom. The summed E-state index contributed by atoms with van der Waals surface area (Å²) in [6.45, 7) is 8.25. The number of likely N-dealkylation sites (N-methyl/N-ethyl adjacent to an activating group) is 2. The lowest BCUT2D eigenvalue weighted by Crippen LogP contribution is -2.44. The van der Waals surface area contributed by atoms with Gasteiger partial charge in [-0.2, -0.15) is 0 Å². The molecule has 0 aliphatic heterocycles. The molecule has 86 valence electrons. The summed E-state index contributed by atoms with van der Waals surface area (Å²) in [4.78, 5) is 2.19. The minimum absolute atomic E-state index is 0.112. The van der Waals surface area contributed by atoms with Crippen LogP contribution in [0.2, 0.25) is 0 Å². The lowest BCUT2D eigenvalue weighted by atomic mass is 10.1. The van der Waals surface area contributed by atoms with Crippen molar-refractivity contribution in [2.75, 3.05) is 34.3 Å². The van der Waals surface area contributed by atoms with E-state index in [0.717, 1.165) is 19.6 Å². The van der Waals surface area contributed by atoms with Gasteiger partial charge in [-0.1, -0.05) is 6.92 Å². The van der Waals surface area contributed by atoms with E-state index in [1.807, 2.05) is 7.05 Å². The van der Waals surface area contributed by atoms with Crippen LogP contribution in [0.1, 0.15) is 27.2 Å². The molecule has 1 atom stereocenters. The highest BCUT2D eigenvalue weighted by Gasteiger charge is 2.22. The summed E-state index contributed by atoms with van der Waals surface area (Å²) in [5.41, 5.74) is 0.112. The molecule has 1 unspecified atom stereocenters. The Morgan fingerprint density at radius 2 is 1.93 bits per heavy atom. The SMILES string of the molecule is CCC(CNC)OCC(C)(C)N(C)C. The van der Waals surface area contributed by atoms with Gasteiger partial charge in [0.1, 0.15) is 0 Å². The van der Waals surface area contributed by atoms with Crippen molar-refractivity contribution in [2.24, 2.45) is 0 Å². The third-order valence-corrected chi connectivity index (χ3v) is 2.77. The number of nitrogens with one attached hydrogen (secondary N) is 1. The Balaban J connectivity index is 3.89. The zero-order valence-electron chi connectivity index (χ0n) is 10.6. The van der Waals surface area contributed by atoms with Gasteiger partial charge >= 0.3 is 0 Å². The second-order valence-electron chi connectivity index (χ2n) is 4.61. The standard InChI is InChI=1S/C11H26N2O/c1-7-10(8-12-4)14-9-11(2,3)13(5)6/h10,12H,7-9H2,1-6H3. The van der Waals surface area contributed by atoms with Crippen molar-refractivity contribution in [3.63, 3.8) is 0 Å². The second-order valence-corrected chi connectivity index (χ2v) is 4.61. The number of rotatable bonds is 7. The van der Waals surface area contributed by atoms with E-state index in [9.17, 15) is 0 Å². The molecule has 0 fully saturated rings. The highest BCUT2D eigenvalue weighted by atomic mass is 16.5. The fourth-order valence-corrected chi connectivity index (χ4v) is 1.000. The largest absolute Gasteiger partial charge is 0.375 e. The van der Waals surface area contributed by atoms with E-state index in [1.165, 1.54) is 0 Å². The number of hydrogen-bond donors (Lipinski definition) is 1. The number of hydrogen-bond acceptors (Lipinski definition) is 3. The molecule has 0 aliphatic rings. The third kappa shape index (κ3) is 4.94. The first-order valence-electron chi connectivity index (χ1n) is 5.37. The summed E-state index contributed by atoms with van der Waals surface area (Å²) in [6.07, 6.45) is 1.39. The van der Waals surface area contributed by atoms with Gasteiger partial charge in [0.2, 0.25) is 0 Å². The van der Waals surface area contributed by atoms with E-state index >= 15 is 0 Å². The highest BCUT2D eigenvalue weighted by Crippen LogP contribution is 2.12. The molecule has 14 heavy (non-hydrogen) atoms. The van der Waals surface area contributed by atoms with E-state index in [2.05, 4.69) is 45.1 Å². The quantitative estimate of drug-likeness (QED) is 0.674. The molecular weight excluding hydrogens is 176 g/mol. The molecule has 0 spiro atoms. The van der Waals surface area contributed by atoms with Crippen LogP contribution in [-0.2, 0) is 4.74 Å². The molecule has 0 aromatic heterocycles. The first-order valence-corrected chi connectivity index (χ1v) is 5.37. The molecule has 3 heteroatoms. The van der Waals surface area contributed by atoms with Gasteiger partial charge in [0.25, 0.3) is 0 Å². The zero-order valence-corrected chi connectivity index (χ0v) is 10.6. The van der Waals surface area contributed by atoms with Crippen molar-refractivity contribution >= 4 is 0 Å². The summed E-state index contributed by atoms with van der Waals surface area (Å²) in [7, 11) is 6.13. The predicted octanol–water partition coefficient (Wildman–Crippen LogP) is 1.34. The summed E-state index contributed by atoms with van der Waals surface area (Å²) < 4.78 is 5.85. The molecule has 3 nitrogen and oxygen atoms in total. The molecular formula is C11H26N2O. The fraction of sp³-hybridized carbons (Fsp3) is 1.00. The van der Waals surface area contributed by atoms with Crippen molar-refractivity contribution in [1.82, 2.24) is 10.2 Å². The molecule has 0 aromatic rings. The maximum Gasteiger partial charge on any atom is 0.0697 e. The Labute approximate surface area is 88.8 Å². The van der Waals surface area contributed by atoms with Gasteiger partial charge in [0.15, 0.2) is 0 Å². The molecule has 0 bridgehead atoms. The maximum atomic E-state index is 5.85. The van der Waals surface area contributed by atoms with Gasteiger partial charge in [-0.3, -0.25) is 0 Å². The average Bonchev–Trinajstić information content (AvgIpc) is 2.12. The van der Waals surface area contributed by atoms with Gasteiger partial charge in [-0.05, 0) is 41.4 Å². The van der Waals surface area contributed by atoms with E-state index in [4.69, 9.17) is 4.74 Å². The molecule has 0 rings (SSSR count). The van der Waals surface area contributed by atoms with Crippen molar-refractivity contribution in [3.8, 4) is 0 Å². The average molecular weight is 202 g/mol. The highest BCUT2D eigenvalue weighted by molar-refractivity contribution is 4.77. The smallest absolute Gasteiger partial charge is 0.0697 e. The first-order chi connectivity index (χ1) is 6.44. The van der Waals surface area contributed by atoms with Crippen LogP contribution in [-0.4, -0.2) is 50.8 Å². The molecule has 0 aromatic carbocycles. The van der Waals surface area contributed by atoms with Crippen LogP contribution in [0.3, 0.4) is 0 Å². The van der Waals surface area contributed by atoms with Gasteiger partial charge in [0, 0.05) is 12.1 Å². The van der Waals surface area contributed by atoms with Crippen molar-refractivity contribution < 1.29 is 4.74 Å². The molecule has 0 radical (unpaired) electrons. The van der Waals surface area contributed by atoms with E-state index in [-0.39, 0.29) is 5.54 Å². The Morgan fingerprint density at radius 3 is 2.29 bits per heavy atom. The van der Waals surface area contributed by atoms with Gasteiger partial charge in [-0.15, -0.1) is 0 Å². The zero-order chi connectivity index (χ0) is 11.2. The number of ether oxygens (including phenoxy) is 1. The number of nitrogens with zero attached hydrogens (tertiary/aromatic N) is 1. The van der Waals surface area contributed by atoms with Crippen molar-refractivity contribution in [3.05, 3.63) is 0 Å². The normalized spacial score (nSPS) is 14.8. The van der Waals surface area contributed by atoms with Gasteiger partial charge in [-0.25, -0.2) is 0 Å². The molecule has 0 aliphatic carbocycles. The summed E-state index contributed by atoms with van der Waals surface area (Å²) in [5, 5.41) is 3.15. The lowest BCUT2D eigenvalue weighted by Gasteiger charge is -2.33. The van der Waals surface area contributed by atoms with Crippen LogP contribution in [0.15, 0.2) is 0 Å². The van der Waals surface area contributed by atoms with Crippen LogP contribution >= 0.6 is 0 Å². The van der Waals surface area contributed by atoms with Crippen molar-refractivity contribution in [1.29, 1.82) is 0 Å². The molecule has 1 N–H and O–H groups in total. The monoisotopic (exact) mass is 202 g/mol. The molecule has 0 heterocycles. The first kappa shape index (κ1) is 13.9. The summed E-state index contributed by atoms with van der Waals surface area (Å²) in [6, 6.07) is 0. The maximum absolute atomic E-state index is 5.85. The minimum atomic E-state index is 0.112. The van der Waals surface area contributed by atoms with Crippen LogP contribution in [0, 0.1) is 0 Å². The van der Waals surface area contributed by atoms with Gasteiger partial charge in [0.05, 0.1) is 12.7 Å². The second kappa shape index (κ2) is 6.38. The Kier molecular flexibility index (Phi) is 6.33. The summed E-state index contributed by atoms with van der Waals surface area (Å²) in [5.74, 6) is 0. The van der Waals surface area contributed by atoms with E-state index < -0.39 is 0 Å². The third-order valence-electron chi connectivity index (χ3n) is 2.77. The van der Waals surface area contributed by atoms with Crippen LogP contribution in [0.5, 0.6) is 0 Å². The Bertz CT molecular complexity index is 146. The van der Waals surface area contributed by atoms with Gasteiger partial charge < -0.3 is 15.0 Å². The molecule has 0 amide bonds. The summed E-state index contributed by atoms with van der Waals surface area (Å²) >= 11 is 0. The van der Waals surface area contributed by atoms with Crippen LogP contribution in [0.4, 0.5) is 0 Å². The Hall–Kier alpha value is -0.120. The fourth-order valence-electron chi connectivity index (χ4n) is 1.000. The topological polar surface area (TPSA) is 24.5 Å². The minimum Gasteiger partial charge on any atom is -0.375 e. The van der Waals surface area contributed by atoms with E-state index in [1.54, 1.807) is 0 Å².